The summed E-state index contributed by atoms with van der Waals surface area (Å²) >= 11 is 0. The lowest BCUT2D eigenvalue weighted by atomic mass is 10.2. The zero-order chi connectivity index (χ0) is 23.0. The number of benzene rings is 2. The van der Waals surface area contributed by atoms with Crippen molar-refractivity contribution < 1.29 is 31.9 Å². The number of para-hydroxylation sites is 1. The Balaban J connectivity index is 1.51. The molecule has 1 heterocycles. The highest BCUT2D eigenvalue weighted by Crippen LogP contribution is 2.24. The summed E-state index contributed by atoms with van der Waals surface area (Å²) in [5.74, 6) is -1.74. The Morgan fingerprint density at radius 3 is 2.47 bits per heavy atom. The van der Waals surface area contributed by atoms with Crippen LogP contribution in [-0.2, 0) is 19.6 Å². The van der Waals surface area contributed by atoms with Crippen LogP contribution in [0.1, 0.15) is 29.6 Å². The van der Waals surface area contributed by atoms with Crippen LogP contribution in [0, 0.1) is 5.82 Å². The third kappa shape index (κ3) is 6.27. The summed E-state index contributed by atoms with van der Waals surface area (Å²) in [6.45, 7) is 0.504. The van der Waals surface area contributed by atoms with Gasteiger partial charge in [0.1, 0.15) is 23.1 Å². The van der Waals surface area contributed by atoms with Crippen molar-refractivity contribution in [1.29, 1.82) is 0 Å². The molecule has 2 aromatic rings. The molecule has 0 bridgehead atoms. The zero-order valence-corrected chi connectivity index (χ0v) is 18.3. The number of amides is 1. The van der Waals surface area contributed by atoms with Gasteiger partial charge in [0.05, 0.1) is 12.1 Å². The van der Waals surface area contributed by atoms with Crippen LogP contribution in [0.5, 0.6) is 5.75 Å². The van der Waals surface area contributed by atoms with Crippen LogP contribution in [0.2, 0.25) is 0 Å². The average Bonchev–Trinajstić information content (AvgIpc) is 2.81. The molecule has 32 heavy (non-hydrogen) atoms. The Morgan fingerprint density at radius 1 is 1.03 bits per heavy atom. The first-order valence-electron chi connectivity index (χ1n) is 10.3. The van der Waals surface area contributed by atoms with E-state index in [2.05, 4.69) is 5.32 Å². The van der Waals surface area contributed by atoms with Crippen LogP contribution < -0.4 is 10.1 Å². The lowest BCUT2D eigenvalue weighted by molar-refractivity contribution is -0.124. The zero-order valence-electron chi connectivity index (χ0n) is 17.5. The molecule has 0 aliphatic carbocycles. The highest BCUT2D eigenvalue weighted by Gasteiger charge is 2.29. The van der Waals surface area contributed by atoms with Crippen LogP contribution in [0.15, 0.2) is 53.4 Å². The molecule has 10 heteroatoms. The van der Waals surface area contributed by atoms with Crippen molar-refractivity contribution in [3.63, 3.8) is 0 Å². The summed E-state index contributed by atoms with van der Waals surface area (Å²) in [5.41, 5.74) is -0.151. The van der Waals surface area contributed by atoms with Crippen LogP contribution in [0.25, 0.3) is 0 Å². The van der Waals surface area contributed by atoms with Gasteiger partial charge in [-0.05, 0) is 43.2 Å². The van der Waals surface area contributed by atoms with Gasteiger partial charge in [0, 0.05) is 13.1 Å². The second kappa shape index (κ2) is 11.1. The van der Waals surface area contributed by atoms with E-state index in [1.807, 2.05) is 18.2 Å². The van der Waals surface area contributed by atoms with Crippen molar-refractivity contribution in [3.8, 4) is 5.75 Å². The molecule has 1 fully saturated rings. The minimum Gasteiger partial charge on any atom is -0.492 e. The molecule has 0 aromatic heterocycles. The van der Waals surface area contributed by atoms with E-state index in [1.54, 1.807) is 12.1 Å². The number of hydrogen-bond donors (Lipinski definition) is 1. The number of esters is 1. The topological polar surface area (TPSA) is 102 Å². The maximum Gasteiger partial charge on any atom is 0.338 e. The number of halogens is 1. The van der Waals surface area contributed by atoms with Crippen LogP contribution >= 0.6 is 0 Å². The summed E-state index contributed by atoms with van der Waals surface area (Å²) < 4.78 is 51.4. The molecule has 0 saturated carbocycles. The van der Waals surface area contributed by atoms with Gasteiger partial charge in [0.15, 0.2) is 6.61 Å². The summed E-state index contributed by atoms with van der Waals surface area (Å²) in [6, 6.07) is 12.1. The fourth-order valence-electron chi connectivity index (χ4n) is 3.21. The molecular formula is C22H25FN2O6S. The Morgan fingerprint density at radius 2 is 1.75 bits per heavy atom. The average molecular weight is 465 g/mol. The number of carbonyl (C=O) groups excluding carboxylic acids is 2. The minimum absolute atomic E-state index is 0.151. The van der Waals surface area contributed by atoms with Gasteiger partial charge < -0.3 is 14.8 Å². The van der Waals surface area contributed by atoms with Crippen molar-refractivity contribution in [2.75, 3.05) is 32.8 Å². The van der Waals surface area contributed by atoms with Gasteiger partial charge >= 0.3 is 5.97 Å². The van der Waals surface area contributed by atoms with Crippen molar-refractivity contribution in [2.45, 2.75) is 24.2 Å². The third-order valence-corrected chi connectivity index (χ3v) is 6.78. The smallest absolute Gasteiger partial charge is 0.338 e. The Kier molecular flexibility index (Phi) is 8.18. The molecule has 1 amide bonds. The first-order valence-corrected chi connectivity index (χ1v) is 11.7. The maximum atomic E-state index is 14.3. The summed E-state index contributed by atoms with van der Waals surface area (Å²) in [4.78, 5) is 23.6. The standard InChI is InChI=1S/C22H25FN2O6S/c23-19-10-9-17(15-20(19)32(28,29)25-12-5-2-6-13-25)22(27)31-16-21(26)24-11-14-30-18-7-3-1-4-8-18/h1,3-4,7-10,15H,2,5-6,11-14,16H2,(H,24,26). The molecule has 1 N–H and O–H groups in total. The Bertz CT molecular complexity index is 1040. The van der Waals surface area contributed by atoms with E-state index in [-0.39, 0.29) is 18.7 Å². The number of piperidine rings is 1. The van der Waals surface area contributed by atoms with Crippen LogP contribution in [-0.4, -0.2) is 57.4 Å². The van der Waals surface area contributed by atoms with Crippen molar-refractivity contribution >= 4 is 21.9 Å². The maximum absolute atomic E-state index is 14.3. The van der Waals surface area contributed by atoms with Crippen molar-refractivity contribution in [3.05, 3.63) is 59.9 Å². The van der Waals surface area contributed by atoms with E-state index >= 15 is 0 Å². The first-order chi connectivity index (χ1) is 15.4. The monoisotopic (exact) mass is 464 g/mol. The number of hydrogen-bond acceptors (Lipinski definition) is 6. The number of rotatable bonds is 9. The molecule has 1 aliphatic heterocycles. The van der Waals surface area contributed by atoms with Gasteiger partial charge in [-0.15, -0.1) is 0 Å². The molecule has 172 valence electrons. The number of carbonyl (C=O) groups is 2. The molecule has 3 rings (SSSR count). The van der Waals surface area contributed by atoms with Crippen LogP contribution in [0.4, 0.5) is 4.39 Å². The first kappa shape index (κ1) is 23.7. The number of nitrogens with one attached hydrogen (secondary N) is 1. The molecule has 0 radical (unpaired) electrons. The lowest BCUT2D eigenvalue weighted by Gasteiger charge is -2.26. The van der Waals surface area contributed by atoms with Gasteiger partial charge in [-0.3, -0.25) is 4.79 Å². The third-order valence-electron chi connectivity index (χ3n) is 4.87. The van der Waals surface area contributed by atoms with Gasteiger partial charge in [0.25, 0.3) is 5.91 Å². The molecule has 8 nitrogen and oxygen atoms in total. The molecule has 1 saturated heterocycles. The van der Waals surface area contributed by atoms with E-state index in [9.17, 15) is 22.4 Å². The lowest BCUT2D eigenvalue weighted by Crippen LogP contribution is -2.36. The van der Waals surface area contributed by atoms with Gasteiger partial charge in [-0.2, -0.15) is 4.31 Å². The number of nitrogens with zero attached hydrogens (tertiary/aromatic N) is 1. The van der Waals surface area contributed by atoms with E-state index in [1.165, 1.54) is 4.31 Å². The van der Waals surface area contributed by atoms with Gasteiger partial charge in [-0.1, -0.05) is 24.6 Å². The largest absolute Gasteiger partial charge is 0.492 e. The molecular weight excluding hydrogens is 439 g/mol. The van der Waals surface area contributed by atoms with E-state index in [0.717, 1.165) is 24.6 Å². The normalized spacial score (nSPS) is 14.5. The summed E-state index contributed by atoms with van der Waals surface area (Å²) in [7, 11) is -4.06. The van der Waals surface area contributed by atoms with E-state index in [0.29, 0.717) is 31.7 Å². The molecule has 0 spiro atoms. The Labute approximate surface area is 186 Å². The molecule has 1 aliphatic rings. The van der Waals surface area contributed by atoms with Crippen LogP contribution in [0.3, 0.4) is 0 Å². The van der Waals surface area contributed by atoms with Gasteiger partial charge in [-0.25, -0.2) is 17.6 Å². The minimum atomic E-state index is -4.06. The predicted molar refractivity (Wildman–Crippen MR) is 114 cm³/mol. The fraction of sp³-hybridized carbons (Fsp3) is 0.364. The molecule has 2 aromatic carbocycles. The Hall–Kier alpha value is -2.98. The van der Waals surface area contributed by atoms with E-state index in [4.69, 9.17) is 9.47 Å². The second-order valence-corrected chi connectivity index (χ2v) is 9.10. The molecule has 0 atom stereocenters. The van der Waals surface area contributed by atoms with Gasteiger partial charge in [0.2, 0.25) is 10.0 Å². The summed E-state index contributed by atoms with van der Waals surface area (Å²) in [6.07, 6.45) is 2.32. The van der Waals surface area contributed by atoms with Crippen molar-refractivity contribution in [1.82, 2.24) is 9.62 Å². The quantitative estimate of drug-likeness (QED) is 0.452. The highest BCUT2D eigenvalue weighted by molar-refractivity contribution is 7.89. The SMILES string of the molecule is O=C(COC(=O)c1ccc(F)c(S(=O)(=O)N2CCCCC2)c1)NCCOc1ccccc1. The van der Waals surface area contributed by atoms with Crippen molar-refractivity contribution in [2.24, 2.45) is 0 Å². The summed E-state index contributed by atoms with van der Waals surface area (Å²) in [5, 5.41) is 2.54. The van der Waals surface area contributed by atoms with E-state index < -0.39 is 39.2 Å². The highest BCUT2D eigenvalue weighted by atomic mass is 32.2. The fourth-order valence-corrected chi connectivity index (χ4v) is 4.82. The molecule has 0 unspecified atom stereocenters. The second-order valence-electron chi connectivity index (χ2n) is 7.20. The predicted octanol–water partition coefficient (Wildman–Crippen LogP) is 2.35. The number of ether oxygens (including phenoxy) is 2. The number of sulfonamides is 1.